The van der Waals surface area contributed by atoms with Crippen LogP contribution in [0, 0.1) is 10.1 Å². The predicted molar refractivity (Wildman–Crippen MR) is 103 cm³/mol. The summed E-state index contributed by atoms with van der Waals surface area (Å²) in [6, 6.07) is 14.5. The quantitative estimate of drug-likeness (QED) is 0.399. The van der Waals surface area contributed by atoms with Gasteiger partial charge in [0.1, 0.15) is 11.4 Å². The summed E-state index contributed by atoms with van der Waals surface area (Å²) in [5, 5.41) is 18.4. The van der Waals surface area contributed by atoms with Gasteiger partial charge in [-0.05, 0) is 35.9 Å². The molecule has 4 aromatic rings. The first kappa shape index (κ1) is 18.1. The van der Waals surface area contributed by atoms with Crippen molar-refractivity contribution in [3.8, 4) is 17.1 Å². The molecule has 0 aliphatic rings. The molecule has 0 fully saturated rings. The number of nitro groups is 1. The van der Waals surface area contributed by atoms with E-state index in [-0.39, 0.29) is 17.3 Å². The van der Waals surface area contributed by atoms with Gasteiger partial charge in [0.2, 0.25) is 0 Å². The molecule has 9 nitrogen and oxygen atoms in total. The fourth-order valence-electron chi connectivity index (χ4n) is 2.80. The number of non-ortho nitro benzene ring substituents is 1. The average molecular weight is 389 g/mol. The van der Waals surface area contributed by atoms with E-state index in [1.54, 1.807) is 54.9 Å². The minimum absolute atomic E-state index is 0.0966. The molecule has 0 spiro atoms. The second kappa shape index (κ2) is 7.77. The molecule has 0 saturated heterocycles. The zero-order valence-electron chi connectivity index (χ0n) is 15.1. The van der Waals surface area contributed by atoms with Crippen molar-refractivity contribution >= 4 is 11.6 Å². The largest absolute Gasteiger partial charge is 0.463 e. The first-order chi connectivity index (χ1) is 14.1. The molecule has 0 aliphatic heterocycles. The number of amides is 1. The number of nitrogens with one attached hydrogen (secondary N) is 1. The van der Waals surface area contributed by atoms with Crippen LogP contribution in [-0.2, 0) is 6.54 Å². The van der Waals surface area contributed by atoms with E-state index in [4.69, 9.17) is 4.42 Å². The summed E-state index contributed by atoms with van der Waals surface area (Å²) >= 11 is 0. The maximum atomic E-state index is 12.9. The van der Waals surface area contributed by atoms with Crippen LogP contribution in [0.2, 0.25) is 0 Å². The molecule has 0 saturated carbocycles. The van der Waals surface area contributed by atoms with Crippen LogP contribution >= 0.6 is 0 Å². The lowest BCUT2D eigenvalue weighted by Crippen LogP contribution is -2.25. The Morgan fingerprint density at radius 3 is 2.69 bits per heavy atom. The normalized spacial score (nSPS) is 10.6. The summed E-state index contributed by atoms with van der Waals surface area (Å²) in [7, 11) is 0. The highest BCUT2D eigenvalue weighted by Crippen LogP contribution is 2.24. The van der Waals surface area contributed by atoms with Crippen molar-refractivity contribution in [3.05, 3.63) is 94.6 Å². The molecule has 1 aromatic carbocycles. The van der Waals surface area contributed by atoms with Crippen LogP contribution in [0.5, 0.6) is 0 Å². The molecule has 1 N–H and O–H groups in total. The number of aromatic nitrogens is 3. The summed E-state index contributed by atoms with van der Waals surface area (Å²) in [5.41, 5.74) is 1.86. The Hall–Kier alpha value is -4.27. The number of nitrogens with zero attached hydrogens (tertiary/aromatic N) is 4. The van der Waals surface area contributed by atoms with Gasteiger partial charge in [0.15, 0.2) is 5.76 Å². The van der Waals surface area contributed by atoms with Crippen molar-refractivity contribution in [2.75, 3.05) is 0 Å². The Morgan fingerprint density at radius 2 is 1.97 bits per heavy atom. The van der Waals surface area contributed by atoms with Crippen molar-refractivity contribution < 1.29 is 14.1 Å². The molecule has 0 radical (unpaired) electrons. The molecule has 3 heterocycles. The first-order valence-electron chi connectivity index (χ1n) is 8.68. The second-order valence-corrected chi connectivity index (χ2v) is 6.12. The van der Waals surface area contributed by atoms with Gasteiger partial charge < -0.3 is 9.73 Å². The SMILES string of the molecule is O=C(NCc1ccncc1)c1cc(-c2ccco2)nn1-c1cccc([N+](=O)[O-])c1. The van der Waals surface area contributed by atoms with E-state index < -0.39 is 4.92 Å². The van der Waals surface area contributed by atoms with Gasteiger partial charge in [0.05, 0.1) is 16.9 Å². The lowest BCUT2D eigenvalue weighted by Gasteiger charge is -2.08. The Balaban J connectivity index is 1.70. The van der Waals surface area contributed by atoms with Gasteiger partial charge in [-0.2, -0.15) is 5.10 Å². The smallest absolute Gasteiger partial charge is 0.271 e. The molecule has 1 amide bonds. The van der Waals surface area contributed by atoms with E-state index in [0.29, 0.717) is 23.7 Å². The Morgan fingerprint density at radius 1 is 1.14 bits per heavy atom. The summed E-state index contributed by atoms with van der Waals surface area (Å²) in [4.78, 5) is 27.4. The number of carbonyl (C=O) groups excluding carboxylic acids is 1. The molecule has 4 rings (SSSR count). The molecule has 29 heavy (non-hydrogen) atoms. The van der Waals surface area contributed by atoms with Gasteiger partial charge in [0, 0.05) is 37.1 Å². The Kier molecular flexibility index (Phi) is 4.85. The maximum absolute atomic E-state index is 12.9. The zero-order chi connectivity index (χ0) is 20.2. The van der Waals surface area contributed by atoms with Crippen molar-refractivity contribution in [1.82, 2.24) is 20.1 Å². The molecule has 0 atom stereocenters. The van der Waals surface area contributed by atoms with Crippen molar-refractivity contribution in [1.29, 1.82) is 0 Å². The van der Waals surface area contributed by atoms with Crippen LogP contribution in [0.4, 0.5) is 5.69 Å². The minimum Gasteiger partial charge on any atom is -0.463 e. The average Bonchev–Trinajstić information content (AvgIpc) is 3.43. The number of carbonyl (C=O) groups is 1. The van der Waals surface area contributed by atoms with Gasteiger partial charge >= 0.3 is 0 Å². The fourth-order valence-corrected chi connectivity index (χ4v) is 2.80. The highest BCUT2D eigenvalue weighted by atomic mass is 16.6. The highest BCUT2D eigenvalue weighted by Gasteiger charge is 2.20. The minimum atomic E-state index is -0.496. The molecular weight excluding hydrogens is 374 g/mol. The van der Waals surface area contributed by atoms with E-state index in [0.717, 1.165) is 5.56 Å². The number of nitro benzene ring substituents is 1. The standard InChI is InChI=1S/C20H15N5O4/c26-20(22-13-14-6-8-21-9-7-14)18-12-17(19-5-2-10-29-19)23-24(18)15-3-1-4-16(11-15)25(27)28/h1-12H,13H2,(H,22,26). The van der Waals surface area contributed by atoms with Crippen LogP contribution in [0.1, 0.15) is 16.1 Å². The lowest BCUT2D eigenvalue weighted by atomic mass is 10.2. The number of pyridine rings is 1. The number of rotatable bonds is 6. The number of benzene rings is 1. The van der Waals surface area contributed by atoms with E-state index in [9.17, 15) is 14.9 Å². The summed E-state index contributed by atoms with van der Waals surface area (Å²) < 4.78 is 6.74. The molecule has 0 aliphatic carbocycles. The number of hydrogen-bond acceptors (Lipinski definition) is 6. The third kappa shape index (κ3) is 3.88. The molecule has 9 heteroatoms. The first-order valence-corrected chi connectivity index (χ1v) is 8.68. The number of furan rings is 1. The van der Waals surface area contributed by atoms with E-state index in [1.165, 1.54) is 23.1 Å². The highest BCUT2D eigenvalue weighted by molar-refractivity contribution is 5.94. The molecule has 144 valence electrons. The third-order valence-electron chi connectivity index (χ3n) is 4.20. The van der Waals surface area contributed by atoms with Gasteiger partial charge in [-0.1, -0.05) is 6.07 Å². The number of hydrogen-bond donors (Lipinski definition) is 1. The lowest BCUT2D eigenvalue weighted by molar-refractivity contribution is -0.384. The van der Waals surface area contributed by atoms with Crippen LogP contribution in [0.25, 0.3) is 17.1 Å². The van der Waals surface area contributed by atoms with Gasteiger partial charge in [-0.15, -0.1) is 0 Å². The fraction of sp³-hybridized carbons (Fsp3) is 0.0500. The van der Waals surface area contributed by atoms with Crippen LogP contribution in [-0.4, -0.2) is 25.6 Å². The van der Waals surface area contributed by atoms with E-state index in [1.807, 2.05) is 0 Å². The Labute approximate surface area is 164 Å². The van der Waals surface area contributed by atoms with Crippen molar-refractivity contribution in [2.45, 2.75) is 6.54 Å². The third-order valence-corrected chi connectivity index (χ3v) is 4.20. The van der Waals surface area contributed by atoms with Gasteiger partial charge in [-0.3, -0.25) is 19.9 Å². The Bertz CT molecular complexity index is 1150. The second-order valence-electron chi connectivity index (χ2n) is 6.12. The summed E-state index contributed by atoms with van der Waals surface area (Å²) in [6.45, 7) is 0.303. The van der Waals surface area contributed by atoms with E-state index >= 15 is 0 Å². The topological polar surface area (TPSA) is 116 Å². The molecule has 0 bridgehead atoms. The van der Waals surface area contributed by atoms with Crippen molar-refractivity contribution in [2.24, 2.45) is 0 Å². The van der Waals surface area contributed by atoms with Crippen LogP contribution in [0.3, 0.4) is 0 Å². The zero-order valence-corrected chi connectivity index (χ0v) is 15.1. The molecular formula is C20H15N5O4. The van der Waals surface area contributed by atoms with Gasteiger partial charge in [-0.25, -0.2) is 4.68 Å². The maximum Gasteiger partial charge on any atom is 0.271 e. The summed E-state index contributed by atoms with van der Waals surface area (Å²) in [5.74, 6) is 0.107. The molecule has 0 unspecified atom stereocenters. The van der Waals surface area contributed by atoms with Crippen LogP contribution < -0.4 is 5.32 Å². The van der Waals surface area contributed by atoms with Crippen LogP contribution in [0.15, 0.2) is 77.7 Å². The monoisotopic (exact) mass is 389 g/mol. The summed E-state index contributed by atoms with van der Waals surface area (Å²) in [6.07, 6.45) is 4.79. The van der Waals surface area contributed by atoms with E-state index in [2.05, 4.69) is 15.4 Å². The van der Waals surface area contributed by atoms with Gasteiger partial charge in [0.25, 0.3) is 11.6 Å². The molecule has 3 aromatic heterocycles. The predicted octanol–water partition coefficient (Wildman–Crippen LogP) is 3.37. The van der Waals surface area contributed by atoms with Crippen molar-refractivity contribution in [3.63, 3.8) is 0 Å².